The number of piperidine rings is 1. The van der Waals surface area contributed by atoms with Crippen LogP contribution in [0.15, 0.2) is 18.2 Å². The molecule has 1 aliphatic heterocycles. The van der Waals surface area contributed by atoms with Gasteiger partial charge in [-0.25, -0.2) is 0 Å². The minimum atomic E-state index is -0.690. The third-order valence-corrected chi connectivity index (χ3v) is 3.40. The van der Waals surface area contributed by atoms with Gasteiger partial charge in [-0.3, -0.25) is 14.4 Å². The molecular formula is C14H18N4O3. The SMILES string of the molecule is NC(=O)c1cc(NC(=O)[C@H]2CCCCN2)cc(C(N)=O)c1. The fourth-order valence-corrected chi connectivity index (χ4v) is 2.29. The molecule has 0 aromatic heterocycles. The molecule has 7 nitrogen and oxygen atoms in total. The third-order valence-electron chi connectivity index (χ3n) is 3.40. The van der Waals surface area contributed by atoms with Crippen molar-refractivity contribution in [2.24, 2.45) is 11.5 Å². The average molecular weight is 290 g/mol. The van der Waals surface area contributed by atoms with E-state index >= 15 is 0 Å². The van der Waals surface area contributed by atoms with Crippen LogP contribution in [-0.2, 0) is 4.79 Å². The summed E-state index contributed by atoms with van der Waals surface area (Å²) in [5, 5.41) is 5.80. The second-order valence-corrected chi connectivity index (χ2v) is 5.02. The van der Waals surface area contributed by atoms with Gasteiger partial charge in [0, 0.05) is 16.8 Å². The van der Waals surface area contributed by atoms with Crippen molar-refractivity contribution in [1.82, 2.24) is 5.32 Å². The van der Waals surface area contributed by atoms with Crippen LogP contribution in [0.3, 0.4) is 0 Å². The van der Waals surface area contributed by atoms with Gasteiger partial charge in [0.15, 0.2) is 0 Å². The summed E-state index contributed by atoms with van der Waals surface area (Å²) in [6.07, 6.45) is 2.79. The highest BCUT2D eigenvalue weighted by Crippen LogP contribution is 2.16. The number of benzene rings is 1. The number of carbonyl (C=O) groups is 3. The van der Waals surface area contributed by atoms with Crippen molar-refractivity contribution in [1.29, 1.82) is 0 Å². The van der Waals surface area contributed by atoms with Gasteiger partial charge >= 0.3 is 0 Å². The topological polar surface area (TPSA) is 127 Å². The van der Waals surface area contributed by atoms with E-state index in [1.165, 1.54) is 18.2 Å². The zero-order chi connectivity index (χ0) is 15.4. The molecule has 0 aliphatic carbocycles. The summed E-state index contributed by atoms with van der Waals surface area (Å²) in [5.74, 6) is -1.58. The fourth-order valence-electron chi connectivity index (χ4n) is 2.29. The highest BCUT2D eigenvalue weighted by atomic mass is 16.2. The molecule has 1 aromatic carbocycles. The maximum absolute atomic E-state index is 12.1. The van der Waals surface area contributed by atoms with Crippen LogP contribution in [0.5, 0.6) is 0 Å². The van der Waals surface area contributed by atoms with Crippen LogP contribution in [0, 0.1) is 0 Å². The van der Waals surface area contributed by atoms with E-state index in [1.54, 1.807) is 0 Å². The monoisotopic (exact) mass is 290 g/mol. The molecule has 21 heavy (non-hydrogen) atoms. The molecule has 7 heteroatoms. The van der Waals surface area contributed by atoms with Gasteiger partial charge in [0.2, 0.25) is 17.7 Å². The van der Waals surface area contributed by atoms with E-state index in [-0.39, 0.29) is 23.1 Å². The fraction of sp³-hybridized carbons (Fsp3) is 0.357. The molecule has 1 aliphatic rings. The molecule has 0 saturated carbocycles. The molecule has 3 amide bonds. The predicted molar refractivity (Wildman–Crippen MR) is 77.7 cm³/mol. The molecule has 0 unspecified atom stereocenters. The molecular weight excluding hydrogens is 272 g/mol. The Bertz CT molecular complexity index is 547. The third kappa shape index (κ3) is 3.79. The number of amides is 3. The Morgan fingerprint density at radius 2 is 1.67 bits per heavy atom. The molecule has 112 valence electrons. The van der Waals surface area contributed by atoms with Gasteiger partial charge in [-0.1, -0.05) is 6.42 Å². The van der Waals surface area contributed by atoms with Crippen LogP contribution < -0.4 is 22.1 Å². The molecule has 1 heterocycles. The average Bonchev–Trinajstić information content (AvgIpc) is 2.47. The summed E-state index contributed by atoms with van der Waals surface area (Å²) in [7, 11) is 0. The Balaban J connectivity index is 2.20. The maximum Gasteiger partial charge on any atom is 0.248 e. The molecule has 1 aromatic rings. The largest absolute Gasteiger partial charge is 0.366 e. The molecule has 0 spiro atoms. The Hall–Kier alpha value is -2.41. The molecule has 6 N–H and O–H groups in total. The van der Waals surface area contributed by atoms with Gasteiger partial charge in [0.1, 0.15) is 0 Å². The van der Waals surface area contributed by atoms with E-state index in [1.807, 2.05) is 0 Å². The number of hydrogen-bond donors (Lipinski definition) is 4. The van der Waals surface area contributed by atoms with E-state index in [0.717, 1.165) is 25.8 Å². The second kappa shape index (κ2) is 6.36. The van der Waals surface area contributed by atoms with Crippen molar-refractivity contribution in [2.45, 2.75) is 25.3 Å². The van der Waals surface area contributed by atoms with Gasteiger partial charge in [-0.15, -0.1) is 0 Å². The molecule has 0 bridgehead atoms. The number of carbonyl (C=O) groups excluding carboxylic acids is 3. The Morgan fingerprint density at radius 3 is 2.14 bits per heavy atom. The van der Waals surface area contributed by atoms with Crippen molar-refractivity contribution >= 4 is 23.4 Å². The van der Waals surface area contributed by atoms with Gasteiger partial charge in [-0.2, -0.15) is 0 Å². The van der Waals surface area contributed by atoms with E-state index in [9.17, 15) is 14.4 Å². The molecule has 1 atom stereocenters. The second-order valence-electron chi connectivity index (χ2n) is 5.02. The minimum absolute atomic E-state index is 0.123. The number of primary amides is 2. The lowest BCUT2D eigenvalue weighted by atomic mass is 10.0. The van der Waals surface area contributed by atoms with Gasteiger partial charge in [-0.05, 0) is 37.6 Å². The number of nitrogens with one attached hydrogen (secondary N) is 2. The first-order chi connectivity index (χ1) is 9.97. The summed E-state index contributed by atoms with van der Waals surface area (Å²) < 4.78 is 0. The molecule has 2 rings (SSSR count). The van der Waals surface area contributed by atoms with Crippen LogP contribution in [-0.4, -0.2) is 30.3 Å². The zero-order valence-corrected chi connectivity index (χ0v) is 11.5. The van der Waals surface area contributed by atoms with Crippen molar-refractivity contribution in [3.05, 3.63) is 29.3 Å². The van der Waals surface area contributed by atoms with Crippen molar-refractivity contribution in [3.63, 3.8) is 0 Å². The summed E-state index contributed by atoms with van der Waals surface area (Å²) in [5.41, 5.74) is 11.0. The smallest absolute Gasteiger partial charge is 0.248 e. The van der Waals surface area contributed by atoms with Crippen LogP contribution in [0.4, 0.5) is 5.69 Å². The quantitative estimate of drug-likeness (QED) is 0.620. The number of anilines is 1. The van der Waals surface area contributed by atoms with E-state index < -0.39 is 11.8 Å². The standard InChI is InChI=1S/C14H18N4O3/c15-12(19)8-5-9(13(16)20)7-10(6-8)18-14(21)11-3-1-2-4-17-11/h5-7,11,17H,1-4H2,(H2,15,19)(H2,16,20)(H,18,21)/t11-/m1/s1. The normalized spacial score (nSPS) is 18.0. The van der Waals surface area contributed by atoms with Gasteiger partial charge in [0.05, 0.1) is 6.04 Å². The molecule has 1 fully saturated rings. The molecule has 1 saturated heterocycles. The summed E-state index contributed by atoms with van der Waals surface area (Å²) in [6, 6.07) is 3.89. The van der Waals surface area contributed by atoms with Crippen LogP contribution in [0.1, 0.15) is 40.0 Å². The predicted octanol–water partition coefficient (Wildman–Crippen LogP) is -0.0350. The van der Waals surface area contributed by atoms with Gasteiger partial charge < -0.3 is 22.1 Å². The number of rotatable bonds is 4. The highest BCUT2D eigenvalue weighted by Gasteiger charge is 2.21. The Kier molecular flexibility index (Phi) is 4.54. The van der Waals surface area contributed by atoms with Crippen molar-refractivity contribution in [2.75, 3.05) is 11.9 Å². The summed E-state index contributed by atoms with van der Waals surface area (Å²) in [6.45, 7) is 0.798. The van der Waals surface area contributed by atoms with Crippen molar-refractivity contribution < 1.29 is 14.4 Å². The lowest BCUT2D eigenvalue weighted by molar-refractivity contribution is -0.118. The first-order valence-electron chi connectivity index (χ1n) is 6.76. The van der Waals surface area contributed by atoms with Crippen LogP contribution >= 0.6 is 0 Å². The maximum atomic E-state index is 12.1. The molecule has 0 radical (unpaired) electrons. The lowest BCUT2D eigenvalue weighted by Crippen LogP contribution is -2.43. The number of nitrogens with two attached hydrogens (primary N) is 2. The first kappa shape index (κ1) is 15.0. The first-order valence-corrected chi connectivity index (χ1v) is 6.76. The Labute approximate surface area is 122 Å². The van der Waals surface area contributed by atoms with Gasteiger partial charge in [0.25, 0.3) is 0 Å². The summed E-state index contributed by atoms with van der Waals surface area (Å²) in [4.78, 5) is 34.6. The minimum Gasteiger partial charge on any atom is -0.366 e. The van der Waals surface area contributed by atoms with Crippen molar-refractivity contribution in [3.8, 4) is 0 Å². The van der Waals surface area contributed by atoms with Crippen LogP contribution in [0.25, 0.3) is 0 Å². The number of hydrogen-bond acceptors (Lipinski definition) is 4. The van der Waals surface area contributed by atoms with E-state index in [2.05, 4.69) is 10.6 Å². The van der Waals surface area contributed by atoms with E-state index in [4.69, 9.17) is 11.5 Å². The lowest BCUT2D eigenvalue weighted by Gasteiger charge is -2.22. The van der Waals surface area contributed by atoms with Crippen LogP contribution in [0.2, 0.25) is 0 Å². The van der Waals surface area contributed by atoms with E-state index in [0.29, 0.717) is 5.69 Å². The summed E-state index contributed by atoms with van der Waals surface area (Å²) >= 11 is 0. The highest BCUT2D eigenvalue weighted by molar-refractivity contribution is 6.02. The Morgan fingerprint density at radius 1 is 1.05 bits per heavy atom. The zero-order valence-electron chi connectivity index (χ0n) is 11.5.